The van der Waals surface area contributed by atoms with Gasteiger partial charge < -0.3 is 22.9 Å². The molecule has 0 unspecified atom stereocenters. The molecule has 0 saturated carbocycles. The summed E-state index contributed by atoms with van der Waals surface area (Å²) in [6.07, 6.45) is 11.4. The molecule has 27 heavy (non-hydrogen) atoms. The number of rotatable bonds is 11. The first kappa shape index (κ1) is 23.0. The Labute approximate surface area is 165 Å². The lowest BCUT2D eigenvalue weighted by Crippen LogP contribution is -1.98. The van der Waals surface area contributed by atoms with Gasteiger partial charge in [-0.1, -0.05) is 62.8 Å². The summed E-state index contributed by atoms with van der Waals surface area (Å²) >= 11 is 0. The maximum absolute atomic E-state index is 5.62. The van der Waals surface area contributed by atoms with Gasteiger partial charge in [-0.2, -0.15) is 0 Å². The minimum absolute atomic E-state index is 0.802. The van der Waals surface area contributed by atoms with Crippen LogP contribution in [-0.2, 0) is 6.42 Å². The molecule has 0 aromatic heterocycles. The highest BCUT2D eigenvalue weighted by Crippen LogP contribution is 2.13. The van der Waals surface area contributed by atoms with Gasteiger partial charge in [0.05, 0.1) is 0 Å². The topological polar surface area (TPSA) is 104 Å². The van der Waals surface area contributed by atoms with Crippen LogP contribution in [-0.4, -0.2) is 13.1 Å². The molecule has 0 fully saturated rings. The molecule has 0 radical (unpaired) electrons. The normalized spacial score (nSPS) is 10.3. The number of hydrogen-bond donors (Lipinski definition) is 4. The van der Waals surface area contributed by atoms with Crippen molar-refractivity contribution in [2.75, 3.05) is 24.6 Å². The Bertz CT molecular complexity index is 525. The molecule has 2 aromatic carbocycles. The second kappa shape index (κ2) is 15.1. The third kappa shape index (κ3) is 12.1. The highest BCUT2D eigenvalue weighted by Gasteiger charge is 1.96. The van der Waals surface area contributed by atoms with Crippen molar-refractivity contribution in [2.45, 2.75) is 57.8 Å². The minimum Gasteiger partial charge on any atom is -0.399 e. The summed E-state index contributed by atoms with van der Waals surface area (Å²) < 4.78 is 0. The zero-order valence-electron chi connectivity index (χ0n) is 16.7. The van der Waals surface area contributed by atoms with Crippen LogP contribution < -0.4 is 22.9 Å². The molecule has 4 nitrogen and oxygen atoms in total. The molecule has 0 bridgehead atoms. The van der Waals surface area contributed by atoms with Crippen LogP contribution >= 0.6 is 0 Å². The quantitative estimate of drug-likeness (QED) is 0.346. The molecule has 0 heterocycles. The van der Waals surface area contributed by atoms with Crippen LogP contribution in [0.5, 0.6) is 0 Å². The first-order valence-electron chi connectivity index (χ1n) is 10.2. The Morgan fingerprint density at radius 3 is 1.04 bits per heavy atom. The van der Waals surface area contributed by atoms with Crippen LogP contribution in [0.25, 0.3) is 0 Å². The van der Waals surface area contributed by atoms with Gasteiger partial charge in [0.25, 0.3) is 0 Å². The van der Waals surface area contributed by atoms with Gasteiger partial charge in [-0.3, -0.25) is 0 Å². The van der Waals surface area contributed by atoms with E-state index in [0.29, 0.717) is 0 Å². The van der Waals surface area contributed by atoms with Crippen molar-refractivity contribution in [1.82, 2.24) is 0 Å². The molecule has 0 aliphatic heterocycles. The van der Waals surface area contributed by atoms with Crippen molar-refractivity contribution in [3.05, 3.63) is 59.7 Å². The number of benzene rings is 2. The molecule has 150 valence electrons. The van der Waals surface area contributed by atoms with Gasteiger partial charge in [-0.15, -0.1) is 0 Å². The van der Waals surface area contributed by atoms with E-state index < -0.39 is 0 Å². The summed E-state index contributed by atoms with van der Waals surface area (Å²) in [6, 6.07) is 15.9. The lowest BCUT2D eigenvalue weighted by molar-refractivity contribution is 0.572. The van der Waals surface area contributed by atoms with E-state index in [1.165, 1.54) is 62.5 Å². The number of hydrogen-bond acceptors (Lipinski definition) is 4. The van der Waals surface area contributed by atoms with Crippen molar-refractivity contribution < 1.29 is 0 Å². The van der Waals surface area contributed by atoms with E-state index in [1.807, 2.05) is 48.5 Å². The van der Waals surface area contributed by atoms with Crippen molar-refractivity contribution in [3.8, 4) is 0 Å². The molecule has 0 saturated heterocycles. The highest BCUT2D eigenvalue weighted by atomic mass is 14.5. The zero-order valence-corrected chi connectivity index (χ0v) is 16.7. The molecule has 0 aliphatic carbocycles. The van der Waals surface area contributed by atoms with E-state index in [-0.39, 0.29) is 0 Å². The molecule has 4 heteroatoms. The fourth-order valence-corrected chi connectivity index (χ4v) is 2.86. The molecule has 0 aliphatic rings. The monoisotopic (exact) mass is 370 g/mol. The van der Waals surface area contributed by atoms with E-state index in [4.69, 9.17) is 22.9 Å². The van der Waals surface area contributed by atoms with Gasteiger partial charge in [-0.25, -0.2) is 0 Å². The van der Waals surface area contributed by atoms with Gasteiger partial charge >= 0.3 is 0 Å². The van der Waals surface area contributed by atoms with Crippen LogP contribution in [0.1, 0.15) is 62.5 Å². The summed E-state index contributed by atoms with van der Waals surface area (Å²) in [4.78, 5) is 0. The first-order chi connectivity index (χ1) is 13.2. The zero-order chi connectivity index (χ0) is 19.7. The van der Waals surface area contributed by atoms with Gasteiger partial charge in [0.2, 0.25) is 0 Å². The maximum Gasteiger partial charge on any atom is 0.0314 e. The van der Waals surface area contributed by atoms with E-state index in [1.54, 1.807) is 0 Å². The van der Waals surface area contributed by atoms with E-state index >= 15 is 0 Å². The maximum atomic E-state index is 5.62. The highest BCUT2D eigenvalue weighted by molar-refractivity contribution is 5.43. The van der Waals surface area contributed by atoms with Crippen LogP contribution in [0, 0.1) is 0 Å². The van der Waals surface area contributed by atoms with E-state index in [9.17, 15) is 0 Å². The number of anilines is 2. The number of nitrogen functional groups attached to an aromatic ring is 2. The molecular formula is C23H38N4. The summed E-state index contributed by atoms with van der Waals surface area (Å²) in [5.41, 5.74) is 26.2. The largest absolute Gasteiger partial charge is 0.399 e. The standard InChI is InChI=1S/C13H14N2.C10H24N2/c14-12-5-1-10(2-6-12)9-11-3-7-13(15)8-4-11;11-9-7-5-3-1-2-4-6-8-10-12/h1-8H,9,14-15H2;1-12H2. The van der Waals surface area contributed by atoms with Crippen molar-refractivity contribution >= 4 is 11.4 Å². The summed E-state index contributed by atoms with van der Waals surface area (Å²) in [5, 5.41) is 0. The van der Waals surface area contributed by atoms with E-state index in [2.05, 4.69) is 0 Å². The van der Waals surface area contributed by atoms with Gasteiger partial charge in [0, 0.05) is 11.4 Å². The Kier molecular flexibility index (Phi) is 12.8. The predicted molar refractivity (Wildman–Crippen MR) is 120 cm³/mol. The smallest absolute Gasteiger partial charge is 0.0314 e. The lowest BCUT2D eigenvalue weighted by Gasteiger charge is -2.02. The summed E-state index contributed by atoms with van der Waals surface area (Å²) in [5.74, 6) is 0. The lowest BCUT2D eigenvalue weighted by atomic mass is 10.0. The first-order valence-corrected chi connectivity index (χ1v) is 10.2. The number of unbranched alkanes of at least 4 members (excludes halogenated alkanes) is 7. The summed E-state index contributed by atoms with van der Waals surface area (Å²) in [7, 11) is 0. The molecule has 8 N–H and O–H groups in total. The Balaban J connectivity index is 0.000000279. The second-order valence-corrected chi connectivity index (χ2v) is 7.07. The van der Waals surface area contributed by atoms with Crippen LogP contribution in [0.3, 0.4) is 0 Å². The van der Waals surface area contributed by atoms with Crippen LogP contribution in [0.4, 0.5) is 11.4 Å². The predicted octanol–water partition coefficient (Wildman–Crippen LogP) is 4.47. The van der Waals surface area contributed by atoms with Crippen molar-refractivity contribution in [3.63, 3.8) is 0 Å². The van der Waals surface area contributed by atoms with Gasteiger partial charge in [-0.05, 0) is 67.7 Å². The Hall–Kier alpha value is -2.04. The molecule has 2 rings (SSSR count). The molecule has 2 aromatic rings. The fourth-order valence-electron chi connectivity index (χ4n) is 2.86. The molecule has 0 spiro atoms. The summed E-state index contributed by atoms with van der Waals surface area (Å²) in [6.45, 7) is 1.71. The van der Waals surface area contributed by atoms with Crippen molar-refractivity contribution in [2.24, 2.45) is 11.5 Å². The molecule has 0 atom stereocenters. The van der Waals surface area contributed by atoms with Crippen LogP contribution in [0.15, 0.2) is 48.5 Å². The van der Waals surface area contributed by atoms with Gasteiger partial charge in [0.1, 0.15) is 0 Å². The van der Waals surface area contributed by atoms with Crippen LogP contribution in [0.2, 0.25) is 0 Å². The van der Waals surface area contributed by atoms with E-state index in [0.717, 1.165) is 30.9 Å². The average molecular weight is 371 g/mol. The number of nitrogens with two attached hydrogens (primary N) is 4. The average Bonchev–Trinajstić information content (AvgIpc) is 2.68. The minimum atomic E-state index is 0.802. The third-order valence-electron chi connectivity index (χ3n) is 4.53. The fraction of sp³-hybridized carbons (Fsp3) is 0.478. The SMILES string of the molecule is NCCCCCCCCCCN.Nc1ccc(Cc2ccc(N)cc2)cc1. The van der Waals surface area contributed by atoms with Gasteiger partial charge in [0.15, 0.2) is 0 Å². The Morgan fingerprint density at radius 1 is 0.444 bits per heavy atom. The second-order valence-electron chi connectivity index (χ2n) is 7.07. The molecular weight excluding hydrogens is 332 g/mol. The van der Waals surface area contributed by atoms with Crippen molar-refractivity contribution in [1.29, 1.82) is 0 Å². The Morgan fingerprint density at radius 2 is 0.741 bits per heavy atom. The third-order valence-corrected chi connectivity index (χ3v) is 4.53. The molecule has 0 amide bonds.